The summed E-state index contributed by atoms with van der Waals surface area (Å²) in [6.07, 6.45) is 6.93. The number of aromatic nitrogens is 3. The minimum atomic E-state index is 0.0228. The van der Waals surface area contributed by atoms with E-state index in [2.05, 4.69) is 21.5 Å². The highest BCUT2D eigenvalue weighted by atomic mass is 16.2. The second-order valence-electron chi connectivity index (χ2n) is 4.92. The van der Waals surface area contributed by atoms with Crippen LogP contribution in [0.5, 0.6) is 0 Å². The number of hydrogen-bond acceptors (Lipinski definition) is 3. The number of nitrogens with one attached hydrogen (secondary N) is 1. The van der Waals surface area contributed by atoms with E-state index in [1.807, 2.05) is 23.4 Å². The first-order valence-corrected chi connectivity index (χ1v) is 6.46. The smallest absolute Gasteiger partial charge is 0.245 e. The summed E-state index contributed by atoms with van der Waals surface area (Å²) in [5, 5.41) is 0. The van der Waals surface area contributed by atoms with Crippen LogP contribution in [0.4, 0.5) is 0 Å². The van der Waals surface area contributed by atoms with E-state index in [0.29, 0.717) is 5.92 Å². The lowest BCUT2D eigenvalue weighted by Crippen LogP contribution is -2.26. The molecule has 5 nitrogen and oxygen atoms in total. The summed E-state index contributed by atoms with van der Waals surface area (Å²) in [6, 6.07) is 1.92. The Balaban J connectivity index is 1.68. The number of nitrogens with zero attached hydrogens (tertiary/aromatic N) is 3. The van der Waals surface area contributed by atoms with Crippen molar-refractivity contribution in [1.29, 1.82) is 0 Å². The van der Waals surface area contributed by atoms with Crippen LogP contribution >= 0.6 is 0 Å². The zero-order chi connectivity index (χ0) is 13.2. The topological polar surface area (TPSA) is 61.9 Å². The third-order valence-corrected chi connectivity index (χ3v) is 3.58. The van der Waals surface area contributed by atoms with Gasteiger partial charge in [-0.1, -0.05) is 6.58 Å². The summed E-state index contributed by atoms with van der Waals surface area (Å²) in [5.41, 5.74) is 2.71. The molecule has 1 aliphatic heterocycles. The number of carbonyl (C=O) groups is 1. The van der Waals surface area contributed by atoms with Crippen molar-refractivity contribution in [3.05, 3.63) is 36.8 Å². The number of carbonyl (C=O) groups excluding carboxylic acids is 1. The van der Waals surface area contributed by atoms with Gasteiger partial charge in [-0.15, -0.1) is 0 Å². The molecule has 0 radical (unpaired) electrons. The molecule has 98 valence electrons. The number of amides is 1. The summed E-state index contributed by atoms with van der Waals surface area (Å²) in [4.78, 5) is 25.3. The van der Waals surface area contributed by atoms with E-state index in [1.54, 1.807) is 0 Å². The fourth-order valence-electron chi connectivity index (χ4n) is 2.59. The van der Waals surface area contributed by atoms with Gasteiger partial charge in [-0.2, -0.15) is 0 Å². The zero-order valence-corrected chi connectivity index (χ0v) is 10.7. The van der Waals surface area contributed by atoms with Gasteiger partial charge in [-0.25, -0.2) is 9.97 Å². The fourth-order valence-corrected chi connectivity index (χ4v) is 2.59. The summed E-state index contributed by atoms with van der Waals surface area (Å²) < 4.78 is 0. The van der Waals surface area contributed by atoms with Crippen molar-refractivity contribution in [3.8, 4) is 0 Å². The Morgan fingerprint density at radius 1 is 1.63 bits per heavy atom. The molecular formula is C14H16N4O. The van der Waals surface area contributed by atoms with Crippen LogP contribution in [-0.4, -0.2) is 38.8 Å². The number of fused-ring (bicyclic) bond motifs is 1. The molecule has 1 fully saturated rings. The van der Waals surface area contributed by atoms with Crippen LogP contribution < -0.4 is 0 Å². The van der Waals surface area contributed by atoms with E-state index in [1.165, 1.54) is 6.08 Å². The molecule has 1 amide bonds. The van der Waals surface area contributed by atoms with Gasteiger partial charge < -0.3 is 9.88 Å². The number of aromatic amines is 1. The highest BCUT2D eigenvalue weighted by molar-refractivity contribution is 5.87. The first kappa shape index (κ1) is 11.9. The van der Waals surface area contributed by atoms with E-state index < -0.39 is 0 Å². The monoisotopic (exact) mass is 256 g/mol. The molecule has 1 atom stereocenters. The van der Waals surface area contributed by atoms with Crippen LogP contribution in [0.25, 0.3) is 11.2 Å². The third-order valence-electron chi connectivity index (χ3n) is 3.58. The van der Waals surface area contributed by atoms with Crippen molar-refractivity contribution in [3.63, 3.8) is 0 Å². The van der Waals surface area contributed by atoms with Crippen LogP contribution in [0.15, 0.2) is 31.1 Å². The van der Waals surface area contributed by atoms with Gasteiger partial charge in [0.25, 0.3) is 0 Å². The van der Waals surface area contributed by atoms with Gasteiger partial charge in [0.1, 0.15) is 5.52 Å². The molecule has 0 bridgehead atoms. The Morgan fingerprint density at radius 3 is 3.37 bits per heavy atom. The minimum Gasteiger partial charge on any atom is -0.345 e. The average Bonchev–Trinajstić information content (AvgIpc) is 3.06. The molecule has 0 spiro atoms. The van der Waals surface area contributed by atoms with Crippen molar-refractivity contribution < 1.29 is 4.79 Å². The van der Waals surface area contributed by atoms with Gasteiger partial charge >= 0.3 is 0 Å². The van der Waals surface area contributed by atoms with Gasteiger partial charge in [0, 0.05) is 19.3 Å². The van der Waals surface area contributed by atoms with Crippen LogP contribution in [0.3, 0.4) is 0 Å². The highest BCUT2D eigenvalue weighted by Crippen LogP contribution is 2.20. The molecule has 0 aromatic carbocycles. The largest absolute Gasteiger partial charge is 0.345 e. The summed E-state index contributed by atoms with van der Waals surface area (Å²) >= 11 is 0. The lowest BCUT2D eigenvalue weighted by molar-refractivity contribution is -0.125. The summed E-state index contributed by atoms with van der Waals surface area (Å²) in [7, 11) is 0. The van der Waals surface area contributed by atoms with Crippen LogP contribution in [-0.2, 0) is 11.2 Å². The summed E-state index contributed by atoms with van der Waals surface area (Å²) in [6.45, 7) is 5.13. The van der Waals surface area contributed by atoms with E-state index in [9.17, 15) is 4.79 Å². The Bertz CT molecular complexity index is 619. The van der Waals surface area contributed by atoms with E-state index >= 15 is 0 Å². The van der Waals surface area contributed by atoms with Crippen molar-refractivity contribution in [1.82, 2.24) is 19.9 Å². The van der Waals surface area contributed by atoms with Gasteiger partial charge in [-0.3, -0.25) is 4.79 Å². The second kappa shape index (κ2) is 4.84. The zero-order valence-electron chi connectivity index (χ0n) is 10.7. The molecule has 0 unspecified atom stereocenters. The maximum absolute atomic E-state index is 11.5. The molecule has 1 aliphatic rings. The molecular weight excluding hydrogens is 240 g/mol. The predicted molar refractivity (Wildman–Crippen MR) is 72.5 cm³/mol. The van der Waals surface area contributed by atoms with Crippen molar-refractivity contribution >= 4 is 17.1 Å². The first-order valence-electron chi connectivity index (χ1n) is 6.46. The maximum Gasteiger partial charge on any atom is 0.245 e. The average molecular weight is 256 g/mol. The Labute approximate surface area is 111 Å². The maximum atomic E-state index is 11.5. The number of H-pyrrole nitrogens is 1. The number of likely N-dealkylation sites (tertiary alicyclic amines) is 1. The molecule has 19 heavy (non-hydrogen) atoms. The van der Waals surface area contributed by atoms with E-state index in [4.69, 9.17) is 0 Å². The summed E-state index contributed by atoms with van der Waals surface area (Å²) in [5.74, 6) is 0.490. The predicted octanol–water partition coefficient (Wildman–Crippen LogP) is 1.53. The SMILES string of the molecule is C=CC(=O)N1CC[C@@H](Cc2cnc3[nH]ccc3n2)C1. The van der Waals surface area contributed by atoms with Crippen LogP contribution in [0, 0.1) is 5.92 Å². The lowest BCUT2D eigenvalue weighted by Gasteiger charge is -2.13. The van der Waals surface area contributed by atoms with Crippen molar-refractivity contribution in [2.75, 3.05) is 13.1 Å². The molecule has 2 aromatic rings. The minimum absolute atomic E-state index is 0.0228. The molecule has 1 saturated heterocycles. The number of hydrogen-bond donors (Lipinski definition) is 1. The molecule has 2 aromatic heterocycles. The van der Waals surface area contributed by atoms with Crippen molar-refractivity contribution in [2.45, 2.75) is 12.8 Å². The van der Waals surface area contributed by atoms with Crippen LogP contribution in [0.1, 0.15) is 12.1 Å². The van der Waals surface area contributed by atoms with Gasteiger partial charge in [0.15, 0.2) is 5.65 Å². The Hall–Kier alpha value is -2.17. The normalized spacial score (nSPS) is 18.9. The second-order valence-corrected chi connectivity index (χ2v) is 4.92. The van der Waals surface area contributed by atoms with Gasteiger partial charge in [0.05, 0.1) is 11.9 Å². The van der Waals surface area contributed by atoms with Gasteiger partial charge in [0.2, 0.25) is 5.91 Å². The van der Waals surface area contributed by atoms with E-state index in [-0.39, 0.29) is 5.91 Å². The molecule has 5 heteroatoms. The quantitative estimate of drug-likeness (QED) is 0.847. The molecule has 3 heterocycles. The highest BCUT2D eigenvalue weighted by Gasteiger charge is 2.25. The van der Waals surface area contributed by atoms with Crippen molar-refractivity contribution in [2.24, 2.45) is 5.92 Å². The first-order chi connectivity index (χ1) is 9.26. The Kier molecular flexibility index (Phi) is 3.03. The standard InChI is InChI=1S/C14H16N4O/c1-2-13(19)18-6-4-10(9-18)7-11-8-16-14-12(17-11)3-5-15-14/h2-3,5,8,10H,1,4,6-7,9H2,(H,15,16)/t10-/m0/s1. The fraction of sp³-hybridized carbons (Fsp3) is 0.357. The number of rotatable bonds is 3. The molecule has 0 aliphatic carbocycles. The van der Waals surface area contributed by atoms with E-state index in [0.717, 1.165) is 42.8 Å². The molecule has 0 saturated carbocycles. The van der Waals surface area contributed by atoms with Gasteiger partial charge in [-0.05, 0) is 30.9 Å². The third kappa shape index (κ3) is 2.36. The molecule has 1 N–H and O–H groups in total. The molecule has 3 rings (SSSR count). The van der Waals surface area contributed by atoms with Crippen LogP contribution in [0.2, 0.25) is 0 Å². The Morgan fingerprint density at radius 2 is 2.53 bits per heavy atom. The lowest BCUT2D eigenvalue weighted by atomic mass is 10.0.